The normalized spacial score (nSPS) is 17.6. The molecular weight excluding hydrogens is 244 g/mol. The van der Waals surface area contributed by atoms with Crippen LogP contribution in [0.25, 0.3) is 0 Å². The van der Waals surface area contributed by atoms with E-state index in [0.29, 0.717) is 13.2 Å². The largest absolute Gasteiger partial charge is 0.492 e. The van der Waals surface area contributed by atoms with E-state index in [1.54, 1.807) is 11.3 Å². The second-order valence-electron chi connectivity index (χ2n) is 4.38. The van der Waals surface area contributed by atoms with Crippen LogP contribution in [0.2, 0.25) is 0 Å². The van der Waals surface area contributed by atoms with Gasteiger partial charge in [-0.25, -0.2) is 4.98 Å². The van der Waals surface area contributed by atoms with Crippen molar-refractivity contribution in [3.8, 4) is 5.75 Å². The molecule has 0 fully saturated rings. The van der Waals surface area contributed by atoms with Crippen molar-refractivity contribution in [2.24, 2.45) is 5.73 Å². The fourth-order valence-corrected chi connectivity index (χ4v) is 3.49. The summed E-state index contributed by atoms with van der Waals surface area (Å²) in [6.07, 6.45) is 0.943. The zero-order valence-electron chi connectivity index (χ0n) is 10.3. The lowest BCUT2D eigenvalue weighted by Gasteiger charge is -2.03. The third kappa shape index (κ3) is 1.82. The highest BCUT2D eigenvalue weighted by Crippen LogP contribution is 2.39. The van der Waals surface area contributed by atoms with Crippen molar-refractivity contribution >= 4 is 11.3 Å². The molecule has 3 rings (SSSR count). The number of aromatic nitrogens is 1. The molecule has 0 amide bonds. The number of hydrogen-bond donors (Lipinski definition) is 1. The number of ether oxygens (including phenoxy) is 1. The van der Waals surface area contributed by atoms with Crippen molar-refractivity contribution in [3.63, 3.8) is 0 Å². The first-order chi connectivity index (χ1) is 8.83. The van der Waals surface area contributed by atoms with E-state index in [2.05, 4.69) is 19.1 Å². The van der Waals surface area contributed by atoms with Crippen molar-refractivity contribution in [3.05, 3.63) is 45.4 Å². The zero-order valence-corrected chi connectivity index (χ0v) is 11.2. The first kappa shape index (κ1) is 11.7. The molecule has 0 aliphatic carbocycles. The maximum atomic E-state index is 5.77. The number of nitrogens with two attached hydrogens (primary N) is 1. The molecular formula is C14H16N2OS. The van der Waals surface area contributed by atoms with Gasteiger partial charge in [0.05, 0.1) is 11.6 Å². The van der Waals surface area contributed by atoms with E-state index in [0.717, 1.165) is 22.9 Å². The van der Waals surface area contributed by atoms with E-state index in [-0.39, 0.29) is 5.92 Å². The van der Waals surface area contributed by atoms with Gasteiger partial charge in [0, 0.05) is 17.0 Å². The molecule has 2 N–H and O–H groups in total. The van der Waals surface area contributed by atoms with Gasteiger partial charge in [-0.05, 0) is 12.5 Å². The Morgan fingerprint density at radius 1 is 1.44 bits per heavy atom. The lowest BCUT2D eigenvalue weighted by Crippen LogP contribution is -2.02. The molecule has 0 bridgehead atoms. The number of fused-ring (bicyclic) bond motifs is 1. The molecule has 1 unspecified atom stereocenters. The minimum atomic E-state index is 0.275. The Bertz CT molecular complexity index is 543. The SMILES string of the molecule is CCc1nc(C2COc3ccccc32)sc1CN. The summed E-state index contributed by atoms with van der Waals surface area (Å²) in [5.74, 6) is 1.27. The highest BCUT2D eigenvalue weighted by Gasteiger charge is 2.28. The predicted octanol–water partition coefficient (Wildman–Crippen LogP) is 2.69. The molecule has 2 heterocycles. The number of aryl methyl sites for hydroxylation is 1. The third-order valence-electron chi connectivity index (χ3n) is 3.31. The first-order valence-corrected chi connectivity index (χ1v) is 7.05. The average Bonchev–Trinajstić information content (AvgIpc) is 3.01. The molecule has 4 heteroatoms. The van der Waals surface area contributed by atoms with Gasteiger partial charge in [-0.2, -0.15) is 0 Å². The molecule has 1 aromatic carbocycles. The van der Waals surface area contributed by atoms with Crippen LogP contribution in [0.15, 0.2) is 24.3 Å². The Balaban J connectivity index is 1.99. The van der Waals surface area contributed by atoms with Crippen molar-refractivity contribution in [1.29, 1.82) is 0 Å². The van der Waals surface area contributed by atoms with Gasteiger partial charge in [-0.15, -0.1) is 11.3 Å². The maximum Gasteiger partial charge on any atom is 0.123 e. The van der Waals surface area contributed by atoms with E-state index >= 15 is 0 Å². The molecule has 1 aromatic heterocycles. The van der Waals surface area contributed by atoms with Gasteiger partial charge in [-0.3, -0.25) is 0 Å². The average molecular weight is 260 g/mol. The quantitative estimate of drug-likeness (QED) is 0.923. The lowest BCUT2D eigenvalue weighted by molar-refractivity contribution is 0.343. The van der Waals surface area contributed by atoms with Crippen LogP contribution >= 0.6 is 11.3 Å². The Hall–Kier alpha value is -1.39. The summed E-state index contributed by atoms with van der Waals surface area (Å²) in [5.41, 5.74) is 8.16. The van der Waals surface area contributed by atoms with Gasteiger partial charge < -0.3 is 10.5 Å². The molecule has 0 saturated carbocycles. The van der Waals surface area contributed by atoms with Gasteiger partial charge in [0.1, 0.15) is 17.4 Å². The number of hydrogen-bond acceptors (Lipinski definition) is 4. The van der Waals surface area contributed by atoms with Crippen LogP contribution < -0.4 is 10.5 Å². The van der Waals surface area contributed by atoms with Crippen LogP contribution in [0.4, 0.5) is 0 Å². The molecule has 3 nitrogen and oxygen atoms in total. The standard InChI is InChI=1S/C14H16N2OS/c1-2-11-13(7-15)18-14(16-11)10-8-17-12-6-4-3-5-9(10)12/h3-6,10H,2,7-8,15H2,1H3. The first-order valence-electron chi connectivity index (χ1n) is 6.23. The van der Waals surface area contributed by atoms with Gasteiger partial charge >= 0.3 is 0 Å². The summed E-state index contributed by atoms with van der Waals surface area (Å²) in [7, 11) is 0. The highest BCUT2D eigenvalue weighted by atomic mass is 32.1. The smallest absolute Gasteiger partial charge is 0.123 e. The Morgan fingerprint density at radius 3 is 3.00 bits per heavy atom. The van der Waals surface area contributed by atoms with Gasteiger partial charge in [0.2, 0.25) is 0 Å². The van der Waals surface area contributed by atoms with Crippen molar-refractivity contribution in [2.45, 2.75) is 25.8 Å². The van der Waals surface area contributed by atoms with Gasteiger partial charge in [0.15, 0.2) is 0 Å². The van der Waals surface area contributed by atoms with Crippen LogP contribution in [0.1, 0.15) is 34.0 Å². The molecule has 0 radical (unpaired) electrons. The molecule has 1 atom stereocenters. The summed E-state index contributed by atoms with van der Waals surface area (Å²) in [6, 6.07) is 8.21. The molecule has 1 aliphatic heterocycles. The number of para-hydroxylation sites is 1. The fraction of sp³-hybridized carbons (Fsp3) is 0.357. The minimum Gasteiger partial charge on any atom is -0.492 e. The molecule has 18 heavy (non-hydrogen) atoms. The second-order valence-corrected chi connectivity index (χ2v) is 5.50. The lowest BCUT2D eigenvalue weighted by atomic mass is 10.0. The molecule has 94 valence electrons. The Labute approximate surface area is 111 Å². The van der Waals surface area contributed by atoms with E-state index in [4.69, 9.17) is 15.5 Å². The summed E-state index contributed by atoms with van der Waals surface area (Å²) >= 11 is 1.73. The highest BCUT2D eigenvalue weighted by molar-refractivity contribution is 7.11. The summed E-state index contributed by atoms with van der Waals surface area (Å²) in [5, 5.41) is 1.14. The van der Waals surface area contributed by atoms with Crippen LogP contribution in [0.5, 0.6) is 5.75 Å². The topological polar surface area (TPSA) is 48.1 Å². The minimum absolute atomic E-state index is 0.275. The van der Waals surface area contributed by atoms with E-state index in [1.165, 1.54) is 10.4 Å². The van der Waals surface area contributed by atoms with Crippen molar-refractivity contribution < 1.29 is 4.74 Å². The number of thiazole rings is 1. The maximum absolute atomic E-state index is 5.77. The molecule has 1 aliphatic rings. The monoisotopic (exact) mass is 260 g/mol. The second kappa shape index (κ2) is 4.71. The van der Waals surface area contributed by atoms with Crippen molar-refractivity contribution in [1.82, 2.24) is 4.98 Å². The van der Waals surface area contributed by atoms with Gasteiger partial charge in [-0.1, -0.05) is 25.1 Å². The Kier molecular flexibility index (Phi) is 3.06. The molecule has 0 saturated heterocycles. The van der Waals surface area contributed by atoms with E-state index in [1.807, 2.05) is 12.1 Å². The van der Waals surface area contributed by atoms with Gasteiger partial charge in [0.25, 0.3) is 0 Å². The van der Waals surface area contributed by atoms with Crippen LogP contribution in [-0.2, 0) is 13.0 Å². The molecule has 0 spiro atoms. The summed E-state index contributed by atoms with van der Waals surface area (Å²) in [6.45, 7) is 3.40. The number of rotatable bonds is 3. The molecule has 2 aromatic rings. The fourth-order valence-electron chi connectivity index (χ4n) is 2.36. The van der Waals surface area contributed by atoms with E-state index in [9.17, 15) is 0 Å². The van der Waals surface area contributed by atoms with Crippen LogP contribution in [-0.4, -0.2) is 11.6 Å². The zero-order chi connectivity index (χ0) is 12.5. The third-order valence-corrected chi connectivity index (χ3v) is 4.55. The van der Waals surface area contributed by atoms with E-state index < -0.39 is 0 Å². The number of nitrogens with zero attached hydrogens (tertiary/aromatic N) is 1. The van der Waals surface area contributed by atoms with Crippen molar-refractivity contribution in [2.75, 3.05) is 6.61 Å². The summed E-state index contributed by atoms with van der Waals surface area (Å²) < 4.78 is 5.72. The predicted molar refractivity (Wildman–Crippen MR) is 73.2 cm³/mol. The Morgan fingerprint density at radius 2 is 2.28 bits per heavy atom. The van der Waals surface area contributed by atoms with Crippen LogP contribution in [0.3, 0.4) is 0 Å². The van der Waals surface area contributed by atoms with Crippen LogP contribution in [0, 0.1) is 0 Å². The number of benzene rings is 1. The summed E-state index contributed by atoms with van der Waals surface area (Å²) in [4.78, 5) is 5.94.